The van der Waals surface area contributed by atoms with Crippen molar-refractivity contribution in [2.45, 2.75) is 51.7 Å². The van der Waals surface area contributed by atoms with Crippen LogP contribution in [0.25, 0.3) is 22.8 Å². The molecular formula is C23H23Cl2N3O5. The summed E-state index contributed by atoms with van der Waals surface area (Å²) in [6.07, 6.45) is 4.09. The first-order valence-corrected chi connectivity index (χ1v) is 11.4. The van der Waals surface area contributed by atoms with Gasteiger partial charge in [-0.15, -0.1) is 0 Å². The molecule has 1 aliphatic rings. The van der Waals surface area contributed by atoms with E-state index in [4.69, 9.17) is 42.3 Å². The van der Waals surface area contributed by atoms with E-state index >= 15 is 0 Å². The normalized spacial score (nSPS) is 18.3. The maximum Gasteiger partial charge on any atom is 0.306 e. The van der Waals surface area contributed by atoms with Crippen LogP contribution < -0.4 is 9.47 Å². The molecule has 4 rings (SSSR count). The van der Waals surface area contributed by atoms with Crippen LogP contribution in [0.3, 0.4) is 0 Å². The van der Waals surface area contributed by atoms with Gasteiger partial charge in [0.05, 0.1) is 28.7 Å². The molecule has 2 aromatic heterocycles. The van der Waals surface area contributed by atoms with E-state index in [1.807, 2.05) is 13.8 Å². The fourth-order valence-electron chi connectivity index (χ4n) is 3.67. The molecule has 0 spiro atoms. The molecule has 174 valence electrons. The number of pyridine rings is 1. The van der Waals surface area contributed by atoms with E-state index in [0.29, 0.717) is 64.3 Å². The third-order valence-electron chi connectivity index (χ3n) is 5.34. The molecule has 8 nitrogen and oxygen atoms in total. The van der Waals surface area contributed by atoms with Crippen molar-refractivity contribution < 1.29 is 23.9 Å². The summed E-state index contributed by atoms with van der Waals surface area (Å²) < 4.78 is 16.9. The molecule has 0 unspecified atom stereocenters. The summed E-state index contributed by atoms with van der Waals surface area (Å²) >= 11 is 12.7. The van der Waals surface area contributed by atoms with Crippen LogP contribution >= 0.6 is 23.2 Å². The van der Waals surface area contributed by atoms with Crippen molar-refractivity contribution >= 4 is 29.2 Å². The Bertz CT molecular complexity index is 1140. The molecule has 1 N–H and O–H groups in total. The Morgan fingerprint density at radius 1 is 1.15 bits per heavy atom. The van der Waals surface area contributed by atoms with Gasteiger partial charge in [0.15, 0.2) is 0 Å². The van der Waals surface area contributed by atoms with Crippen molar-refractivity contribution in [3.63, 3.8) is 0 Å². The number of carboxylic acids is 1. The first-order valence-electron chi connectivity index (χ1n) is 10.7. The Hall–Kier alpha value is -2.84. The summed E-state index contributed by atoms with van der Waals surface area (Å²) in [6, 6.07) is 6.91. The predicted octanol–water partition coefficient (Wildman–Crippen LogP) is 5.91. The lowest BCUT2D eigenvalue weighted by Crippen LogP contribution is -2.27. The minimum absolute atomic E-state index is 0.0285. The molecule has 1 aromatic carbocycles. The Kier molecular flexibility index (Phi) is 7.05. The van der Waals surface area contributed by atoms with Gasteiger partial charge in [0, 0.05) is 11.8 Å². The van der Waals surface area contributed by atoms with Crippen molar-refractivity contribution in [3.8, 4) is 34.5 Å². The van der Waals surface area contributed by atoms with Crippen LogP contribution in [-0.4, -0.2) is 38.4 Å². The van der Waals surface area contributed by atoms with Gasteiger partial charge in [0.2, 0.25) is 11.7 Å². The van der Waals surface area contributed by atoms with E-state index in [2.05, 4.69) is 15.1 Å². The maximum atomic E-state index is 11.1. The second kappa shape index (κ2) is 9.97. The predicted molar refractivity (Wildman–Crippen MR) is 123 cm³/mol. The first-order chi connectivity index (χ1) is 15.8. The van der Waals surface area contributed by atoms with Crippen molar-refractivity contribution in [2.75, 3.05) is 0 Å². The lowest BCUT2D eigenvalue weighted by molar-refractivity contribution is -0.143. The number of carboxylic acid groups (broad SMARTS) is 1. The molecule has 0 saturated heterocycles. The molecule has 33 heavy (non-hydrogen) atoms. The highest BCUT2D eigenvalue weighted by atomic mass is 35.5. The van der Waals surface area contributed by atoms with E-state index < -0.39 is 5.97 Å². The second-order valence-electron chi connectivity index (χ2n) is 8.17. The van der Waals surface area contributed by atoms with Crippen LogP contribution in [0.2, 0.25) is 10.0 Å². The second-order valence-corrected chi connectivity index (χ2v) is 8.99. The molecule has 2 heterocycles. The lowest BCUT2D eigenvalue weighted by Gasteiger charge is -2.26. The zero-order valence-electron chi connectivity index (χ0n) is 18.1. The Morgan fingerprint density at radius 3 is 2.55 bits per heavy atom. The Morgan fingerprint density at radius 2 is 1.91 bits per heavy atom. The Balaban J connectivity index is 1.45. The van der Waals surface area contributed by atoms with E-state index in [-0.39, 0.29) is 24.0 Å². The molecule has 1 fully saturated rings. The number of nitrogens with zero attached hydrogens (tertiary/aromatic N) is 3. The fourth-order valence-corrected chi connectivity index (χ4v) is 4.14. The van der Waals surface area contributed by atoms with Crippen molar-refractivity contribution in [1.29, 1.82) is 0 Å². The van der Waals surface area contributed by atoms with Gasteiger partial charge in [-0.05, 0) is 63.8 Å². The van der Waals surface area contributed by atoms with Crippen LogP contribution in [-0.2, 0) is 4.79 Å². The fraction of sp³-hybridized carbons (Fsp3) is 0.391. The molecule has 0 bridgehead atoms. The summed E-state index contributed by atoms with van der Waals surface area (Å²) in [4.78, 5) is 19.7. The molecule has 3 aromatic rings. The standard InChI is InChI=1S/C23H23Cl2N3O5/c1-12(2)31-22-19(25)9-14(11-26-22)21-27-20(28-33-21)17-8-7-16(10-18(17)24)32-15-5-3-13(4-6-15)23(29)30/h7-13,15H,3-6H2,1-2H3,(H,29,30). The zero-order valence-corrected chi connectivity index (χ0v) is 19.6. The average Bonchev–Trinajstić information content (AvgIpc) is 3.25. The van der Waals surface area contributed by atoms with Gasteiger partial charge in [-0.2, -0.15) is 4.98 Å². The number of hydrogen-bond donors (Lipinski definition) is 1. The highest BCUT2D eigenvalue weighted by Crippen LogP contribution is 2.34. The number of hydrogen-bond acceptors (Lipinski definition) is 7. The topological polar surface area (TPSA) is 108 Å². The number of rotatable bonds is 7. The van der Waals surface area contributed by atoms with E-state index in [1.54, 1.807) is 30.5 Å². The van der Waals surface area contributed by atoms with E-state index in [1.165, 1.54) is 0 Å². The third kappa shape index (κ3) is 5.57. The highest BCUT2D eigenvalue weighted by Gasteiger charge is 2.27. The largest absolute Gasteiger partial charge is 0.490 e. The molecule has 10 heteroatoms. The number of aliphatic carboxylic acids is 1. The van der Waals surface area contributed by atoms with Gasteiger partial charge in [0.25, 0.3) is 5.89 Å². The summed E-state index contributed by atoms with van der Waals surface area (Å²) in [6.45, 7) is 3.78. The zero-order chi connectivity index (χ0) is 23.5. The molecule has 0 amide bonds. The van der Waals surface area contributed by atoms with Gasteiger partial charge >= 0.3 is 5.97 Å². The quantitative estimate of drug-likeness (QED) is 0.434. The smallest absolute Gasteiger partial charge is 0.306 e. The summed E-state index contributed by atoms with van der Waals surface area (Å²) in [5.41, 5.74) is 1.15. The van der Waals surface area contributed by atoms with Crippen LogP contribution in [0.4, 0.5) is 0 Å². The van der Waals surface area contributed by atoms with Gasteiger partial charge in [-0.3, -0.25) is 4.79 Å². The molecule has 0 atom stereocenters. The number of ether oxygens (including phenoxy) is 2. The molecular weight excluding hydrogens is 469 g/mol. The van der Waals surface area contributed by atoms with Crippen LogP contribution in [0, 0.1) is 5.92 Å². The number of carbonyl (C=O) groups is 1. The van der Waals surface area contributed by atoms with Gasteiger partial charge in [-0.25, -0.2) is 4.98 Å². The molecule has 1 saturated carbocycles. The number of benzene rings is 1. The monoisotopic (exact) mass is 491 g/mol. The summed E-state index contributed by atoms with van der Waals surface area (Å²) in [5, 5.41) is 13.9. The highest BCUT2D eigenvalue weighted by molar-refractivity contribution is 6.33. The number of aromatic nitrogens is 3. The minimum atomic E-state index is -0.738. The molecule has 0 radical (unpaired) electrons. The van der Waals surface area contributed by atoms with Crippen LogP contribution in [0.15, 0.2) is 35.0 Å². The summed E-state index contributed by atoms with van der Waals surface area (Å²) in [7, 11) is 0. The van der Waals surface area contributed by atoms with Crippen LogP contribution in [0.1, 0.15) is 39.5 Å². The van der Waals surface area contributed by atoms with Crippen molar-refractivity contribution in [2.24, 2.45) is 5.92 Å². The van der Waals surface area contributed by atoms with Gasteiger partial charge in [0.1, 0.15) is 10.8 Å². The van der Waals surface area contributed by atoms with Crippen molar-refractivity contribution in [3.05, 3.63) is 40.5 Å². The minimum Gasteiger partial charge on any atom is -0.490 e. The molecule has 1 aliphatic carbocycles. The first kappa shape index (κ1) is 23.3. The van der Waals surface area contributed by atoms with Crippen molar-refractivity contribution in [1.82, 2.24) is 15.1 Å². The van der Waals surface area contributed by atoms with E-state index in [0.717, 1.165) is 0 Å². The van der Waals surface area contributed by atoms with Gasteiger partial charge in [-0.1, -0.05) is 28.4 Å². The van der Waals surface area contributed by atoms with Crippen LogP contribution in [0.5, 0.6) is 11.6 Å². The third-order valence-corrected chi connectivity index (χ3v) is 5.92. The Labute approximate surface area is 200 Å². The lowest BCUT2D eigenvalue weighted by atomic mass is 9.87. The summed E-state index contributed by atoms with van der Waals surface area (Å²) in [5.74, 6) is 0.503. The molecule has 0 aliphatic heterocycles. The van der Waals surface area contributed by atoms with Gasteiger partial charge < -0.3 is 19.1 Å². The average molecular weight is 492 g/mol. The SMILES string of the molecule is CC(C)Oc1ncc(-c2nc(-c3ccc(OC4CCC(C(=O)O)CC4)cc3Cl)no2)cc1Cl. The van der Waals surface area contributed by atoms with E-state index in [9.17, 15) is 4.79 Å². The number of halogens is 2. The maximum absolute atomic E-state index is 11.1.